The predicted octanol–water partition coefficient (Wildman–Crippen LogP) is -0.618. The number of allylic oxidation sites excluding steroid dienone is 1. The number of carbonyl (C=O) groups is 1. The second kappa shape index (κ2) is 11.9. The Hall–Kier alpha value is -0.650. The van der Waals surface area contributed by atoms with Crippen LogP contribution in [0.25, 0.3) is 0 Å². The number of hydrogen-bond donors (Lipinski definition) is 2. The Labute approximate surface area is 178 Å². The van der Waals surface area contributed by atoms with Crippen LogP contribution in [0.1, 0.15) is 56.9 Å². The Balaban J connectivity index is 0.00000338. The number of rotatable bonds is 9. The molecular formula is C21H29NaO4. The summed E-state index contributed by atoms with van der Waals surface area (Å²) >= 11 is 0. The van der Waals surface area contributed by atoms with Crippen molar-refractivity contribution in [2.75, 3.05) is 0 Å². The van der Waals surface area contributed by atoms with E-state index < -0.39 is 17.7 Å². The van der Waals surface area contributed by atoms with E-state index in [1.807, 2.05) is 24.3 Å². The molecule has 1 aliphatic rings. The SMILES string of the molecule is O=C([O-])C[C@@]1(O)CCC[C@@H](/C=C/[C@@H](O)CCCCc2ccccc2)C1.[Na+]. The van der Waals surface area contributed by atoms with Crippen LogP contribution in [-0.2, 0) is 11.2 Å². The number of benzene rings is 1. The van der Waals surface area contributed by atoms with Crippen LogP contribution < -0.4 is 34.7 Å². The van der Waals surface area contributed by atoms with Gasteiger partial charge in [0, 0.05) is 12.4 Å². The van der Waals surface area contributed by atoms with Gasteiger partial charge in [-0.3, -0.25) is 0 Å². The average molecular weight is 368 g/mol. The van der Waals surface area contributed by atoms with Crippen molar-refractivity contribution >= 4 is 5.97 Å². The number of aliphatic hydroxyl groups excluding tert-OH is 1. The quantitative estimate of drug-likeness (QED) is 0.346. The Bertz CT molecular complexity index is 560. The van der Waals surface area contributed by atoms with Gasteiger partial charge in [0.1, 0.15) is 0 Å². The third-order valence-electron chi connectivity index (χ3n) is 5.00. The number of aliphatic hydroxyl groups is 2. The van der Waals surface area contributed by atoms with Crippen LogP contribution in [0, 0.1) is 5.92 Å². The summed E-state index contributed by atoms with van der Waals surface area (Å²) < 4.78 is 0. The third-order valence-corrected chi connectivity index (χ3v) is 5.00. The van der Waals surface area contributed by atoms with Crippen molar-refractivity contribution in [3.05, 3.63) is 48.0 Å². The van der Waals surface area contributed by atoms with E-state index in [9.17, 15) is 20.1 Å². The second-order valence-electron chi connectivity index (χ2n) is 7.31. The summed E-state index contributed by atoms with van der Waals surface area (Å²) in [6.07, 6.45) is 9.37. The molecule has 0 unspecified atom stereocenters. The van der Waals surface area contributed by atoms with Gasteiger partial charge in [0.05, 0.1) is 11.7 Å². The van der Waals surface area contributed by atoms with E-state index in [4.69, 9.17) is 0 Å². The molecule has 1 aromatic carbocycles. The molecule has 1 aromatic rings. The molecule has 0 aromatic heterocycles. The van der Waals surface area contributed by atoms with Crippen LogP contribution in [-0.4, -0.2) is 27.9 Å². The van der Waals surface area contributed by atoms with Gasteiger partial charge in [0.15, 0.2) is 0 Å². The van der Waals surface area contributed by atoms with Crippen molar-refractivity contribution in [1.82, 2.24) is 0 Å². The van der Waals surface area contributed by atoms with E-state index in [0.717, 1.165) is 38.5 Å². The third kappa shape index (κ3) is 8.83. The number of hydrogen-bond acceptors (Lipinski definition) is 4. The molecule has 5 heteroatoms. The standard InChI is InChI=1S/C21H30O4.Na/c22-19(11-5-4-9-17-7-2-1-3-8-17)13-12-18-10-6-14-21(25,15-18)16-20(23)24;/h1-3,7-8,12-13,18-19,22,25H,4-6,9-11,14-16H2,(H,23,24);/q;+1/p-1/b13-12+;/t18-,19-,21+;/m0./s1. The Morgan fingerprint density at radius 2 is 2.04 bits per heavy atom. The van der Waals surface area contributed by atoms with Crippen LogP contribution in [0.4, 0.5) is 0 Å². The van der Waals surface area contributed by atoms with Crippen molar-refractivity contribution in [2.45, 2.75) is 69.5 Å². The molecule has 26 heavy (non-hydrogen) atoms. The zero-order valence-corrected chi connectivity index (χ0v) is 17.8. The molecule has 1 saturated carbocycles. The van der Waals surface area contributed by atoms with Crippen molar-refractivity contribution in [3.8, 4) is 0 Å². The summed E-state index contributed by atoms with van der Waals surface area (Å²) in [5.74, 6) is -1.08. The van der Waals surface area contributed by atoms with Crippen molar-refractivity contribution in [3.63, 3.8) is 0 Å². The first-order valence-corrected chi connectivity index (χ1v) is 9.29. The predicted molar refractivity (Wildman–Crippen MR) is 95.7 cm³/mol. The maximum Gasteiger partial charge on any atom is 1.00 e. The summed E-state index contributed by atoms with van der Waals surface area (Å²) in [5.41, 5.74) is 0.161. The summed E-state index contributed by atoms with van der Waals surface area (Å²) in [5, 5.41) is 31.2. The molecule has 3 atom stereocenters. The number of aliphatic carboxylic acids is 1. The molecule has 1 aliphatic carbocycles. The zero-order chi connectivity index (χ0) is 18.1. The summed E-state index contributed by atoms with van der Waals surface area (Å²) in [6, 6.07) is 10.3. The van der Waals surface area contributed by atoms with Crippen LogP contribution in [0.2, 0.25) is 0 Å². The van der Waals surface area contributed by atoms with E-state index in [2.05, 4.69) is 12.1 Å². The van der Waals surface area contributed by atoms with Gasteiger partial charge < -0.3 is 20.1 Å². The maximum absolute atomic E-state index is 10.8. The van der Waals surface area contributed by atoms with Crippen molar-refractivity contribution in [2.24, 2.45) is 5.92 Å². The number of carboxylic acids is 1. The maximum atomic E-state index is 10.8. The second-order valence-corrected chi connectivity index (χ2v) is 7.31. The fourth-order valence-corrected chi connectivity index (χ4v) is 3.69. The fourth-order valence-electron chi connectivity index (χ4n) is 3.69. The van der Waals surface area contributed by atoms with Crippen LogP contribution in [0.3, 0.4) is 0 Å². The molecule has 138 valence electrons. The van der Waals surface area contributed by atoms with Gasteiger partial charge in [-0.1, -0.05) is 48.9 Å². The molecule has 4 nitrogen and oxygen atoms in total. The largest absolute Gasteiger partial charge is 1.00 e. The minimum absolute atomic E-state index is 0. The average Bonchev–Trinajstić information content (AvgIpc) is 2.57. The van der Waals surface area contributed by atoms with E-state index >= 15 is 0 Å². The molecule has 0 saturated heterocycles. The van der Waals surface area contributed by atoms with E-state index in [0.29, 0.717) is 12.8 Å². The number of carboxylic acid groups (broad SMARTS) is 1. The van der Waals surface area contributed by atoms with Crippen LogP contribution in [0.5, 0.6) is 0 Å². The molecule has 0 radical (unpaired) electrons. The van der Waals surface area contributed by atoms with E-state index in [1.54, 1.807) is 6.08 Å². The molecule has 2 rings (SSSR count). The minimum atomic E-state index is -1.20. The number of carbonyl (C=O) groups excluding carboxylic acids is 1. The Kier molecular flexibility index (Phi) is 10.7. The van der Waals surface area contributed by atoms with Gasteiger partial charge in [0.2, 0.25) is 0 Å². The van der Waals surface area contributed by atoms with E-state index in [1.165, 1.54) is 5.56 Å². The van der Waals surface area contributed by atoms with Crippen LogP contribution in [0.15, 0.2) is 42.5 Å². The first-order valence-electron chi connectivity index (χ1n) is 9.29. The first kappa shape index (κ1) is 23.4. The van der Waals surface area contributed by atoms with Crippen molar-refractivity contribution < 1.29 is 49.7 Å². The molecule has 0 aliphatic heterocycles. The monoisotopic (exact) mass is 368 g/mol. The molecule has 0 bridgehead atoms. The first-order chi connectivity index (χ1) is 12.0. The van der Waals surface area contributed by atoms with Gasteiger partial charge in [-0.15, -0.1) is 0 Å². The smallest absolute Gasteiger partial charge is 0.550 e. The van der Waals surface area contributed by atoms with Gasteiger partial charge in [-0.25, -0.2) is 0 Å². The van der Waals surface area contributed by atoms with Gasteiger partial charge in [-0.05, 0) is 56.4 Å². The minimum Gasteiger partial charge on any atom is -0.550 e. The zero-order valence-electron chi connectivity index (χ0n) is 15.8. The number of aryl methyl sites for hydroxylation is 1. The van der Waals surface area contributed by atoms with Gasteiger partial charge in [-0.2, -0.15) is 0 Å². The molecule has 0 heterocycles. The van der Waals surface area contributed by atoms with Gasteiger partial charge >= 0.3 is 29.6 Å². The normalized spacial score (nSPS) is 24.2. The summed E-state index contributed by atoms with van der Waals surface area (Å²) in [4.78, 5) is 10.8. The van der Waals surface area contributed by atoms with E-state index in [-0.39, 0.29) is 41.9 Å². The number of unbranched alkanes of at least 4 members (excludes halogenated alkanes) is 1. The molecule has 1 fully saturated rings. The molecule has 0 spiro atoms. The summed E-state index contributed by atoms with van der Waals surface area (Å²) in [6.45, 7) is 0. The topological polar surface area (TPSA) is 80.6 Å². The molecule has 0 amide bonds. The fraction of sp³-hybridized carbons (Fsp3) is 0.571. The van der Waals surface area contributed by atoms with Gasteiger partial charge in [0.25, 0.3) is 0 Å². The summed E-state index contributed by atoms with van der Waals surface area (Å²) in [7, 11) is 0. The molecular weight excluding hydrogens is 339 g/mol. The Morgan fingerprint density at radius 3 is 2.73 bits per heavy atom. The van der Waals surface area contributed by atoms with Crippen LogP contribution >= 0.6 is 0 Å². The molecule has 2 N–H and O–H groups in total. The Morgan fingerprint density at radius 1 is 1.31 bits per heavy atom. The van der Waals surface area contributed by atoms with Crippen molar-refractivity contribution in [1.29, 1.82) is 0 Å².